The first-order valence-electron chi connectivity index (χ1n) is 39.5. The first-order valence-corrected chi connectivity index (χ1v) is 47.6. The van der Waals surface area contributed by atoms with Crippen LogP contribution in [0.1, 0.15) is 58.3 Å². The van der Waals surface area contributed by atoms with Crippen molar-refractivity contribution in [3.63, 3.8) is 0 Å². The van der Waals surface area contributed by atoms with Crippen LogP contribution < -0.4 is 44.6 Å². The van der Waals surface area contributed by atoms with Gasteiger partial charge in [-0.05, 0) is 142 Å². The first kappa shape index (κ1) is 97.4. The number of nitro benzene ring substituents is 3. The molecular weight excluding hydrogens is 1790 g/mol. The Morgan fingerprint density at radius 3 is 1.17 bits per heavy atom. The monoisotopic (exact) mass is 1880 g/mol. The summed E-state index contributed by atoms with van der Waals surface area (Å²) in [5.74, 6) is -1.46. The molecule has 0 unspecified atom stereocenters. The Hall–Kier alpha value is -10.8. The van der Waals surface area contributed by atoms with Gasteiger partial charge in [-0.1, -0.05) is 12.5 Å². The number of sulfone groups is 3. The number of anilines is 7. The number of hydrogen-bond donors (Lipinski definition) is 1. The van der Waals surface area contributed by atoms with Crippen molar-refractivity contribution in [2.24, 2.45) is 0 Å². The van der Waals surface area contributed by atoms with Crippen molar-refractivity contribution in [2.45, 2.75) is 65.5 Å². The maximum absolute atomic E-state index is 14.9. The maximum atomic E-state index is 14.9. The number of ether oxygens (including phenoxy) is 2. The topological polar surface area (TPSA) is 347 Å². The van der Waals surface area contributed by atoms with E-state index >= 15 is 0 Å². The third-order valence-electron chi connectivity index (χ3n) is 20.4. The van der Waals surface area contributed by atoms with Crippen molar-refractivity contribution >= 4 is 122 Å². The summed E-state index contributed by atoms with van der Waals surface area (Å²) in [7, 11) is -9.04. The van der Waals surface area contributed by atoms with Crippen LogP contribution >= 0.6 is 35.1 Å². The molecule has 5 fully saturated rings. The number of benzene rings is 7. The van der Waals surface area contributed by atoms with Gasteiger partial charge >= 0.3 is 0 Å². The van der Waals surface area contributed by atoms with Crippen molar-refractivity contribution in [2.75, 3.05) is 171 Å². The number of nitrogen functional groups attached to an aromatic ring is 1. The highest BCUT2D eigenvalue weighted by molar-refractivity contribution is 7.99. The Labute approximate surface area is 734 Å². The average Bonchev–Trinajstić information content (AvgIpc) is 0.805. The van der Waals surface area contributed by atoms with Crippen molar-refractivity contribution < 1.29 is 93.4 Å². The van der Waals surface area contributed by atoms with Crippen LogP contribution in [0.3, 0.4) is 0 Å². The van der Waals surface area contributed by atoms with Crippen LogP contribution in [0.5, 0.6) is 11.5 Å². The van der Waals surface area contributed by atoms with Gasteiger partial charge in [0.2, 0.25) is 5.28 Å². The van der Waals surface area contributed by atoms with E-state index in [1.54, 1.807) is 51.1 Å². The van der Waals surface area contributed by atoms with Gasteiger partial charge in [0.15, 0.2) is 87.5 Å². The molecule has 0 aliphatic carbocycles. The maximum Gasteiger partial charge on any atom is 0.272 e. The fourth-order valence-electron chi connectivity index (χ4n) is 13.7. The van der Waals surface area contributed by atoms with Gasteiger partial charge in [-0.15, -0.1) is 0 Å². The molecule has 9 aromatic rings. The molecule has 0 amide bonds. The Bertz CT molecular complexity index is 5720. The van der Waals surface area contributed by atoms with Crippen molar-refractivity contribution in [3.8, 4) is 34.0 Å². The molecule has 9 heterocycles. The van der Waals surface area contributed by atoms with E-state index in [2.05, 4.69) is 31.7 Å². The van der Waals surface area contributed by atoms with Crippen LogP contribution in [0.15, 0.2) is 128 Å². The van der Waals surface area contributed by atoms with E-state index < -0.39 is 108 Å². The van der Waals surface area contributed by atoms with Crippen LogP contribution in [0, 0.1) is 88.5 Å². The highest BCUT2D eigenvalue weighted by Gasteiger charge is 2.32. The van der Waals surface area contributed by atoms with Crippen LogP contribution in [0.2, 0.25) is 5.28 Å². The van der Waals surface area contributed by atoms with Gasteiger partial charge in [0.1, 0.15) is 42.1 Å². The third-order valence-corrected chi connectivity index (χ3v) is 27.5. The summed E-state index contributed by atoms with van der Waals surface area (Å²) < 4.78 is 217. The quantitative estimate of drug-likeness (QED) is 0.0368. The van der Waals surface area contributed by atoms with Crippen LogP contribution in [0.25, 0.3) is 22.5 Å². The predicted molar refractivity (Wildman–Crippen MR) is 468 cm³/mol. The predicted octanol–water partition coefficient (Wildman–Crippen LogP) is 15.4. The van der Waals surface area contributed by atoms with E-state index in [1.807, 2.05) is 54.2 Å². The molecular formula is C82H89ClF10N14O14S5. The third kappa shape index (κ3) is 26.9. The molecule has 7 aromatic carbocycles. The number of hydrogen-bond acceptors (Lipinski definition) is 27. The van der Waals surface area contributed by atoms with Crippen LogP contribution in [-0.2, 0) is 35.9 Å². The van der Waals surface area contributed by atoms with Crippen molar-refractivity contribution in [1.29, 1.82) is 0 Å². The number of rotatable bonds is 13. The zero-order valence-electron chi connectivity index (χ0n) is 68.5. The highest BCUT2D eigenvalue weighted by Crippen LogP contribution is 2.42. The van der Waals surface area contributed by atoms with Gasteiger partial charge in [0.25, 0.3) is 17.1 Å². The van der Waals surface area contributed by atoms with E-state index in [9.17, 15) is 99.5 Å². The molecule has 28 nitrogen and oxygen atoms in total. The Morgan fingerprint density at radius 2 is 0.786 bits per heavy atom. The molecule has 0 saturated carbocycles. The molecule has 126 heavy (non-hydrogen) atoms. The second-order valence-corrected chi connectivity index (χ2v) is 39.4. The fraction of sp³-hybridized carbons (Fsp3) is 0.390. The van der Waals surface area contributed by atoms with Crippen LogP contribution in [0.4, 0.5) is 101 Å². The first-order chi connectivity index (χ1) is 59.7. The minimum Gasteiger partial charge on any atom is -0.486 e. The summed E-state index contributed by atoms with van der Waals surface area (Å²) in [5, 5.41) is 30.8. The molecule has 5 saturated heterocycles. The summed E-state index contributed by atoms with van der Waals surface area (Å²) in [6.45, 7) is 13.1. The number of nitrogens with two attached hydrogens (primary N) is 1. The number of nitrogens with zero attached hydrogens (tertiary/aromatic N) is 13. The SMILES string of the molecule is C1CCSCC1.CC(C)N1CCOc2c(F)cc(-c3nc(Cc4ccc(N5CCS(=O)(=O)CC5)c(F)c4)ncc3F)cc21.CC(C)N1CCOc2c(F)cc(-c3nc(Cl)ncc3F)cc21.Nc1ccc(N2CCS(=O)(=O)CC2)c(F)c1.O=[N+]([O-])c1ccc(F)c(F)c1.O=[N+]([O-])c1ccc(N2CCS(=O)(=O)CC2)c(F)c1.O=[N+]([O-])c1ccc(N2CCSCC2)c(F)c1. The molecule has 7 aliphatic heterocycles. The van der Waals surface area contributed by atoms with Gasteiger partial charge in [0.05, 0.1) is 127 Å². The molecule has 0 spiro atoms. The number of nitro groups is 3. The van der Waals surface area contributed by atoms with Gasteiger partial charge in [0, 0.05) is 117 Å². The lowest BCUT2D eigenvalue weighted by atomic mass is 10.1. The summed E-state index contributed by atoms with van der Waals surface area (Å²) in [5.41, 5.74) is 8.44. The van der Waals surface area contributed by atoms with E-state index in [0.29, 0.717) is 96.8 Å². The Kier molecular flexibility index (Phi) is 34.1. The van der Waals surface area contributed by atoms with Gasteiger partial charge in [-0.2, -0.15) is 23.5 Å². The van der Waals surface area contributed by atoms with E-state index in [0.717, 1.165) is 55.2 Å². The number of fused-ring (bicyclic) bond motifs is 2. The minimum absolute atomic E-state index is 0.00920. The molecule has 678 valence electrons. The van der Waals surface area contributed by atoms with Crippen LogP contribution in [-0.4, -0.2) is 208 Å². The Morgan fingerprint density at radius 1 is 0.413 bits per heavy atom. The molecule has 0 atom stereocenters. The van der Waals surface area contributed by atoms with Gasteiger partial charge in [-0.3, -0.25) is 30.3 Å². The summed E-state index contributed by atoms with van der Waals surface area (Å²) >= 11 is 9.64. The largest absolute Gasteiger partial charge is 0.486 e. The van der Waals surface area contributed by atoms with E-state index in [-0.39, 0.29) is 136 Å². The molecule has 2 aromatic heterocycles. The zero-order chi connectivity index (χ0) is 91.5. The van der Waals surface area contributed by atoms with E-state index in [1.165, 1.54) is 79.3 Å². The second-order valence-electron chi connectivity index (χ2n) is 29.7. The molecule has 2 N–H and O–H groups in total. The lowest BCUT2D eigenvalue weighted by Gasteiger charge is -2.34. The fourth-order valence-corrected chi connectivity index (χ4v) is 19.4. The molecule has 0 bridgehead atoms. The molecule has 44 heteroatoms. The molecule has 0 radical (unpaired) electrons. The van der Waals surface area contributed by atoms with Crippen molar-refractivity contribution in [1.82, 2.24) is 19.9 Å². The van der Waals surface area contributed by atoms with Crippen molar-refractivity contribution in [3.05, 3.63) is 233 Å². The minimum atomic E-state index is -3.08. The molecule has 7 aliphatic rings. The summed E-state index contributed by atoms with van der Waals surface area (Å²) in [6, 6.07) is 24.4. The van der Waals surface area contributed by atoms with Gasteiger partial charge in [-0.25, -0.2) is 89.1 Å². The number of thioether (sulfide) groups is 2. The average molecular weight is 1880 g/mol. The lowest BCUT2D eigenvalue weighted by Crippen LogP contribution is -2.40. The summed E-state index contributed by atoms with van der Waals surface area (Å²) in [6.07, 6.45) is 6.54. The second kappa shape index (κ2) is 44.1. The Balaban J connectivity index is 0.000000162. The number of halogens is 11. The van der Waals surface area contributed by atoms with E-state index in [4.69, 9.17) is 26.8 Å². The standard InChI is InChI=1S/C26H27F3N4O3S.C15H14ClF2N3O.C10H11FN2O4S.C10H13FN2O2S.C10H11FN2O2S.C6H3F2NO2.C5H10S/c1-16(2)33-5-8-36-26-20(28)13-18(14-23(26)33)25-21(29)15-30-24(31-25)12-17-3-4-22(19(27)11-17)32-6-9-37(34,35)10-7-32;1-8(2)21-3-4-22-14-10(17)5-9(6-12(14)21)13-11(18)7-19-15(16)20-13;11-9-7-8(13(14)15)1-2-10(9)12-3-5-18(16,17)6-4-12;11-9-7-8(12)1-2-10(9)13-3-5-16(14,15)6-4-13;11-9-7-8(13(14)15)1-2-10(9)12-3-5-16-6-4-12;7-5-2-1-4(9(10)11)3-6(5)8;1-2-4-6-5-3-1/h3-4,11,13-16H,5-10,12H2,1-2H3;5-8H,3-4H2,1-2H3;1-2,7H,3-6H2;1-2,7H,3-6,12H2;1-2,7H,3-6H2;1-3H;1-5H2. The number of non-ortho nitro benzene ring substituents is 3. The number of aromatic nitrogens is 4. The summed E-state index contributed by atoms with van der Waals surface area (Å²) in [4.78, 5) is 55.6. The normalized spacial score (nSPS) is 16.6. The smallest absolute Gasteiger partial charge is 0.272 e. The van der Waals surface area contributed by atoms with Gasteiger partial charge < -0.3 is 44.6 Å². The zero-order valence-corrected chi connectivity index (χ0v) is 73.3. The lowest BCUT2D eigenvalue weighted by molar-refractivity contribution is -0.385. The molecule has 16 rings (SSSR count). The highest BCUT2D eigenvalue weighted by atomic mass is 35.5.